The second-order valence-corrected chi connectivity index (χ2v) is 5.75. The lowest BCUT2D eigenvalue weighted by Gasteiger charge is -2.04. The van der Waals surface area contributed by atoms with E-state index in [1.807, 2.05) is 0 Å². The van der Waals surface area contributed by atoms with Crippen molar-refractivity contribution in [2.45, 2.75) is 14.0 Å². The third kappa shape index (κ3) is 33.1. The minimum absolute atomic E-state index is 0. The van der Waals surface area contributed by atoms with Crippen molar-refractivity contribution in [2.24, 2.45) is 0 Å². The Balaban J connectivity index is -0.000000143. The van der Waals surface area contributed by atoms with Crippen LogP contribution in [-0.2, 0) is 8.85 Å². The van der Waals surface area contributed by atoms with Crippen molar-refractivity contribution in [2.75, 3.05) is 14.2 Å². The standard InChI is InChI=1S/C2H8O3Si.CH6O4Si.CH4/c2*1-5-6(2,3)4;/h3-4H,1-2H3;2-4H,1H3;1H4. The highest BCUT2D eigenvalue weighted by molar-refractivity contribution is 6.55. The van der Waals surface area contributed by atoms with Crippen LogP contribution in [0, 0.1) is 0 Å². The molecule has 7 nitrogen and oxygen atoms in total. The molecule has 0 bridgehead atoms. The van der Waals surface area contributed by atoms with Crippen molar-refractivity contribution in [1.82, 2.24) is 0 Å². The van der Waals surface area contributed by atoms with Gasteiger partial charge in [-0.05, 0) is 0 Å². The molecule has 0 aromatic rings. The molecule has 0 spiro atoms. The first kappa shape index (κ1) is 18.8. The summed E-state index contributed by atoms with van der Waals surface area (Å²) in [5.74, 6) is 0. The Morgan fingerprint density at radius 3 is 1.00 bits per heavy atom. The first-order valence-electron chi connectivity index (χ1n) is 2.84. The fourth-order valence-electron chi connectivity index (χ4n) is 0. The van der Waals surface area contributed by atoms with Gasteiger partial charge in [-0.2, -0.15) is 0 Å². The molecule has 0 radical (unpaired) electrons. The average Bonchev–Trinajstić information content (AvgIpc) is 1.86. The summed E-state index contributed by atoms with van der Waals surface area (Å²) in [5, 5.41) is 0. The molecule has 13 heavy (non-hydrogen) atoms. The van der Waals surface area contributed by atoms with E-state index in [1.165, 1.54) is 13.7 Å². The van der Waals surface area contributed by atoms with Gasteiger partial charge in [-0.3, -0.25) is 0 Å². The van der Waals surface area contributed by atoms with Crippen molar-refractivity contribution in [3.05, 3.63) is 0 Å². The van der Waals surface area contributed by atoms with Crippen LogP contribution in [0.5, 0.6) is 0 Å². The lowest BCUT2D eigenvalue weighted by atomic mass is 11.8. The first-order chi connectivity index (χ1) is 5.12. The van der Waals surface area contributed by atoms with Gasteiger partial charge in [-0.25, -0.2) is 0 Å². The molecule has 0 aliphatic carbocycles. The zero-order valence-electron chi connectivity index (χ0n) is 7.05. The molecule has 0 unspecified atom stereocenters. The molecule has 0 saturated carbocycles. The molecule has 0 rings (SSSR count). The van der Waals surface area contributed by atoms with Gasteiger partial charge in [-0.15, -0.1) is 0 Å². The monoisotopic (exact) mass is 234 g/mol. The van der Waals surface area contributed by atoms with Crippen LogP contribution in [0.25, 0.3) is 0 Å². The molecular formula is C4H18O7Si2. The Morgan fingerprint density at radius 1 is 0.846 bits per heavy atom. The van der Waals surface area contributed by atoms with E-state index in [1.54, 1.807) is 0 Å². The fourth-order valence-corrected chi connectivity index (χ4v) is 0. The van der Waals surface area contributed by atoms with E-state index in [0.717, 1.165) is 7.11 Å². The van der Waals surface area contributed by atoms with Crippen LogP contribution in [0.15, 0.2) is 0 Å². The zero-order chi connectivity index (χ0) is 10.4. The van der Waals surface area contributed by atoms with Gasteiger partial charge in [0.1, 0.15) is 0 Å². The molecule has 0 heterocycles. The summed E-state index contributed by atoms with van der Waals surface area (Å²) >= 11 is 0. The molecule has 0 aromatic carbocycles. The second-order valence-electron chi connectivity index (χ2n) is 1.92. The van der Waals surface area contributed by atoms with Gasteiger partial charge in [0, 0.05) is 20.8 Å². The van der Waals surface area contributed by atoms with Crippen LogP contribution in [0.3, 0.4) is 0 Å². The maximum atomic E-state index is 8.30. The van der Waals surface area contributed by atoms with Crippen LogP contribution in [0.2, 0.25) is 6.55 Å². The van der Waals surface area contributed by atoms with E-state index in [4.69, 9.17) is 24.0 Å². The topological polar surface area (TPSA) is 120 Å². The highest BCUT2D eigenvalue weighted by Gasteiger charge is 2.27. The Bertz CT molecular complexity index is 92.0. The van der Waals surface area contributed by atoms with Gasteiger partial charge in [0.05, 0.1) is 0 Å². The minimum atomic E-state index is -4.13. The van der Waals surface area contributed by atoms with Crippen LogP contribution in [0.1, 0.15) is 7.43 Å². The fraction of sp³-hybridized carbons (Fsp3) is 1.00. The summed E-state index contributed by atoms with van der Waals surface area (Å²) in [6.45, 7) is 1.27. The normalized spacial score (nSPS) is 11.1. The summed E-state index contributed by atoms with van der Waals surface area (Å²) in [7, 11) is -4.97. The molecule has 0 saturated heterocycles. The molecular weight excluding hydrogens is 216 g/mol. The van der Waals surface area contributed by atoms with Crippen LogP contribution >= 0.6 is 0 Å². The molecule has 0 fully saturated rings. The minimum Gasteiger partial charge on any atom is -0.390 e. The molecule has 0 atom stereocenters. The summed E-state index contributed by atoms with van der Waals surface area (Å²) < 4.78 is 7.93. The van der Waals surface area contributed by atoms with E-state index in [2.05, 4.69) is 8.85 Å². The summed E-state index contributed by atoms with van der Waals surface area (Å²) in [5.41, 5.74) is 0. The number of hydrogen-bond acceptors (Lipinski definition) is 7. The summed E-state index contributed by atoms with van der Waals surface area (Å²) in [6, 6.07) is 0. The van der Waals surface area contributed by atoms with Gasteiger partial charge in [0.2, 0.25) is 0 Å². The predicted octanol–water partition coefficient (Wildman–Crippen LogP) is -2.13. The van der Waals surface area contributed by atoms with Crippen LogP contribution in [0.4, 0.5) is 0 Å². The highest BCUT2D eigenvalue weighted by atomic mass is 28.4. The maximum absolute atomic E-state index is 8.30. The summed E-state index contributed by atoms with van der Waals surface area (Å²) in [4.78, 5) is 40.2. The van der Waals surface area contributed by atoms with Crippen molar-refractivity contribution >= 4 is 17.9 Å². The van der Waals surface area contributed by atoms with Gasteiger partial charge in [-0.1, -0.05) is 7.43 Å². The third-order valence-corrected chi connectivity index (χ3v) is 1.98. The largest absolute Gasteiger partial charge is 0.671 e. The zero-order valence-corrected chi connectivity index (χ0v) is 9.05. The Morgan fingerprint density at radius 2 is 1.00 bits per heavy atom. The molecule has 0 aromatic heterocycles. The molecule has 0 aliphatic heterocycles. The number of rotatable bonds is 2. The highest BCUT2D eigenvalue weighted by Crippen LogP contribution is 1.86. The van der Waals surface area contributed by atoms with Gasteiger partial charge in [0.15, 0.2) is 0 Å². The van der Waals surface area contributed by atoms with Gasteiger partial charge < -0.3 is 32.8 Å². The van der Waals surface area contributed by atoms with E-state index in [-0.39, 0.29) is 7.43 Å². The number of hydrogen-bond donors (Lipinski definition) is 5. The third-order valence-electron chi connectivity index (χ3n) is 0.661. The van der Waals surface area contributed by atoms with Crippen molar-refractivity contribution in [3.8, 4) is 0 Å². The van der Waals surface area contributed by atoms with E-state index < -0.39 is 17.9 Å². The van der Waals surface area contributed by atoms with E-state index in [9.17, 15) is 0 Å². The van der Waals surface area contributed by atoms with Crippen LogP contribution in [-0.4, -0.2) is 56.1 Å². The Labute approximate surface area is 79.7 Å². The first-order valence-corrected chi connectivity index (χ1v) is 6.90. The maximum Gasteiger partial charge on any atom is 0.671 e. The van der Waals surface area contributed by atoms with Gasteiger partial charge in [0.25, 0.3) is 0 Å². The molecule has 84 valence electrons. The van der Waals surface area contributed by atoms with Gasteiger partial charge >= 0.3 is 17.9 Å². The molecule has 5 N–H and O–H groups in total. The second kappa shape index (κ2) is 7.55. The average molecular weight is 234 g/mol. The van der Waals surface area contributed by atoms with E-state index in [0.29, 0.717) is 0 Å². The Hall–Kier alpha value is 0.154. The smallest absolute Gasteiger partial charge is 0.390 e. The SMILES string of the molecule is C.CO[Si](C)(O)O.CO[Si](O)(O)O. The lowest BCUT2D eigenvalue weighted by molar-refractivity contribution is 0.0881. The Kier molecular flexibility index (Phi) is 10.9. The predicted molar refractivity (Wildman–Crippen MR) is 49.2 cm³/mol. The van der Waals surface area contributed by atoms with E-state index >= 15 is 0 Å². The van der Waals surface area contributed by atoms with Crippen LogP contribution < -0.4 is 0 Å². The summed E-state index contributed by atoms with van der Waals surface area (Å²) in [6.07, 6.45) is 0. The molecule has 0 amide bonds. The van der Waals surface area contributed by atoms with Crippen molar-refractivity contribution in [3.63, 3.8) is 0 Å². The van der Waals surface area contributed by atoms with Crippen molar-refractivity contribution in [1.29, 1.82) is 0 Å². The molecule has 0 aliphatic rings. The van der Waals surface area contributed by atoms with Crippen molar-refractivity contribution < 1.29 is 32.8 Å². The quantitative estimate of drug-likeness (QED) is 0.346. The lowest BCUT2D eigenvalue weighted by Crippen LogP contribution is -2.37. The molecule has 9 heteroatoms.